The SMILES string of the molecule is CC1(C)CNC[C@@]2(CCCOC2)O1. The lowest BCUT2D eigenvalue weighted by Crippen LogP contribution is -2.61. The van der Waals surface area contributed by atoms with Gasteiger partial charge in [0.2, 0.25) is 0 Å². The summed E-state index contributed by atoms with van der Waals surface area (Å²) in [5, 5.41) is 3.43. The molecule has 3 heteroatoms. The lowest BCUT2D eigenvalue weighted by molar-refractivity contribution is -0.205. The highest BCUT2D eigenvalue weighted by Crippen LogP contribution is 2.30. The summed E-state index contributed by atoms with van der Waals surface area (Å²) in [6.07, 6.45) is 2.25. The van der Waals surface area contributed by atoms with E-state index in [4.69, 9.17) is 9.47 Å². The highest BCUT2D eigenvalue weighted by molar-refractivity contribution is 4.94. The van der Waals surface area contributed by atoms with Crippen LogP contribution in [0.1, 0.15) is 26.7 Å². The Bertz CT molecular complexity index is 180. The van der Waals surface area contributed by atoms with Crippen LogP contribution in [0.4, 0.5) is 0 Å². The predicted molar refractivity (Wildman–Crippen MR) is 50.8 cm³/mol. The summed E-state index contributed by atoms with van der Waals surface area (Å²) in [6.45, 7) is 7.80. The van der Waals surface area contributed by atoms with E-state index in [1.165, 1.54) is 0 Å². The Labute approximate surface area is 79.8 Å². The van der Waals surface area contributed by atoms with Crippen molar-refractivity contribution in [3.63, 3.8) is 0 Å². The van der Waals surface area contributed by atoms with Crippen molar-refractivity contribution in [3.8, 4) is 0 Å². The highest BCUT2D eigenvalue weighted by Gasteiger charge is 2.42. The van der Waals surface area contributed by atoms with Gasteiger partial charge in [-0.05, 0) is 26.7 Å². The van der Waals surface area contributed by atoms with Crippen molar-refractivity contribution >= 4 is 0 Å². The molecule has 0 aromatic carbocycles. The third-order valence-corrected chi connectivity index (χ3v) is 2.78. The molecule has 0 aromatic heterocycles. The monoisotopic (exact) mass is 185 g/mol. The molecule has 1 atom stereocenters. The Balaban J connectivity index is 2.04. The summed E-state index contributed by atoms with van der Waals surface area (Å²) in [5.41, 5.74) is -0.0844. The van der Waals surface area contributed by atoms with E-state index in [1.807, 2.05) is 0 Å². The third-order valence-electron chi connectivity index (χ3n) is 2.78. The molecule has 2 saturated heterocycles. The number of ether oxygens (including phenoxy) is 2. The van der Waals surface area contributed by atoms with E-state index in [0.29, 0.717) is 0 Å². The Hall–Kier alpha value is -0.120. The summed E-state index contributed by atoms with van der Waals surface area (Å²) < 4.78 is 11.6. The first-order valence-corrected chi connectivity index (χ1v) is 5.11. The maximum absolute atomic E-state index is 6.11. The number of nitrogens with one attached hydrogen (secondary N) is 1. The van der Waals surface area contributed by atoms with Crippen molar-refractivity contribution in [2.45, 2.75) is 37.9 Å². The first kappa shape index (κ1) is 9.44. The fraction of sp³-hybridized carbons (Fsp3) is 1.00. The molecule has 2 aliphatic rings. The molecule has 76 valence electrons. The van der Waals surface area contributed by atoms with E-state index in [1.54, 1.807) is 0 Å². The van der Waals surface area contributed by atoms with Crippen LogP contribution in [-0.2, 0) is 9.47 Å². The highest BCUT2D eigenvalue weighted by atomic mass is 16.6. The van der Waals surface area contributed by atoms with Crippen molar-refractivity contribution in [1.82, 2.24) is 5.32 Å². The second-order valence-corrected chi connectivity index (χ2v) is 4.80. The molecular formula is C10H19NO2. The zero-order valence-corrected chi connectivity index (χ0v) is 8.56. The fourth-order valence-corrected chi connectivity index (χ4v) is 2.30. The van der Waals surface area contributed by atoms with Crippen LogP contribution in [0.15, 0.2) is 0 Å². The van der Waals surface area contributed by atoms with Crippen molar-refractivity contribution < 1.29 is 9.47 Å². The second kappa shape index (κ2) is 3.23. The van der Waals surface area contributed by atoms with Crippen molar-refractivity contribution in [1.29, 1.82) is 0 Å². The molecule has 0 aromatic rings. The van der Waals surface area contributed by atoms with E-state index >= 15 is 0 Å². The molecule has 0 bridgehead atoms. The molecule has 2 fully saturated rings. The topological polar surface area (TPSA) is 30.5 Å². The largest absolute Gasteiger partial charge is 0.378 e. The van der Waals surface area contributed by atoms with Crippen molar-refractivity contribution in [2.24, 2.45) is 0 Å². The van der Waals surface area contributed by atoms with Gasteiger partial charge in [-0.1, -0.05) is 0 Å². The fourth-order valence-electron chi connectivity index (χ4n) is 2.30. The molecular weight excluding hydrogens is 166 g/mol. The molecule has 0 unspecified atom stereocenters. The van der Waals surface area contributed by atoms with Crippen LogP contribution >= 0.6 is 0 Å². The molecule has 0 saturated carbocycles. The van der Waals surface area contributed by atoms with Crippen LogP contribution in [0.25, 0.3) is 0 Å². The first-order chi connectivity index (χ1) is 6.12. The van der Waals surface area contributed by atoms with Gasteiger partial charge in [0.05, 0.1) is 12.2 Å². The van der Waals surface area contributed by atoms with Gasteiger partial charge in [0, 0.05) is 19.7 Å². The maximum atomic E-state index is 6.11. The summed E-state index contributed by atoms with van der Waals surface area (Å²) in [7, 11) is 0. The number of hydrogen-bond donors (Lipinski definition) is 1. The van der Waals surface area contributed by atoms with Crippen LogP contribution in [-0.4, -0.2) is 37.5 Å². The molecule has 2 heterocycles. The molecule has 0 amide bonds. The molecule has 1 N–H and O–H groups in total. The predicted octanol–water partition coefficient (Wildman–Crippen LogP) is 0.934. The zero-order chi connectivity index (χ0) is 9.36. The smallest absolute Gasteiger partial charge is 0.105 e. The van der Waals surface area contributed by atoms with Gasteiger partial charge in [0.25, 0.3) is 0 Å². The summed E-state index contributed by atoms with van der Waals surface area (Å²) >= 11 is 0. The van der Waals surface area contributed by atoms with Crippen molar-refractivity contribution in [3.05, 3.63) is 0 Å². The van der Waals surface area contributed by atoms with Gasteiger partial charge in [0.1, 0.15) is 5.60 Å². The molecule has 2 rings (SSSR count). The van der Waals surface area contributed by atoms with E-state index in [9.17, 15) is 0 Å². The van der Waals surface area contributed by atoms with E-state index in [2.05, 4.69) is 19.2 Å². The van der Waals surface area contributed by atoms with Crippen LogP contribution < -0.4 is 5.32 Å². The minimum Gasteiger partial charge on any atom is -0.378 e. The van der Waals surface area contributed by atoms with E-state index < -0.39 is 0 Å². The van der Waals surface area contributed by atoms with Crippen LogP contribution in [0.3, 0.4) is 0 Å². The van der Waals surface area contributed by atoms with Crippen LogP contribution in [0.5, 0.6) is 0 Å². The molecule has 13 heavy (non-hydrogen) atoms. The molecule has 0 radical (unpaired) electrons. The second-order valence-electron chi connectivity index (χ2n) is 4.80. The number of morpholine rings is 1. The maximum Gasteiger partial charge on any atom is 0.105 e. The van der Waals surface area contributed by atoms with Gasteiger partial charge in [-0.25, -0.2) is 0 Å². The lowest BCUT2D eigenvalue weighted by atomic mass is 9.92. The first-order valence-electron chi connectivity index (χ1n) is 5.11. The van der Waals surface area contributed by atoms with Gasteiger partial charge < -0.3 is 14.8 Å². The molecule has 0 aliphatic carbocycles. The zero-order valence-electron chi connectivity index (χ0n) is 8.56. The summed E-state index contributed by atoms with van der Waals surface area (Å²) in [5.74, 6) is 0. The number of rotatable bonds is 0. The molecule has 1 spiro atoms. The van der Waals surface area contributed by atoms with Crippen LogP contribution in [0.2, 0.25) is 0 Å². The minimum absolute atomic E-state index is 0.0417. The normalized spacial score (nSPS) is 39.2. The average molecular weight is 185 g/mol. The average Bonchev–Trinajstić information content (AvgIpc) is 2.03. The van der Waals surface area contributed by atoms with Gasteiger partial charge >= 0.3 is 0 Å². The standard InChI is InChI=1S/C10H19NO2/c1-9(2)6-11-7-10(13-9)4-3-5-12-8-10/h11H,3-8H2,1-2H3/t10-/m1/s1. The van der Waals surface area contributed by atoms with Gasteiger partial charge in [-0.3, -0.25) is 0 Å². The Kier molecular flexibility index (Phi) is 2.34. The van der Waals surface area contributed by atoms with E-state index in [-0.39, 0.29) is 11.2 Å². The Morgan fingerprint density at radius 3 is 2.69 bits per heavy atom. The lowest BCUT2D eigenvalue weighted by Gasteiger charge is -2.47. The minimum atomic E-state index is -0.0427. The summed E-state index contributed by atoms with van der Waals surface area (Å²) in [4.78, 5) is 0. The van der Waals surface area contributed by atoms with E-state index in [0.717, 1.165) is 39.1 Å². The Morgan fingerprint density at radius 2 is 2.08 bits per heavy atom. The molecule has 3 nitrogen and oxygen atoms in total. The van der Waals surface area contributed by atoms with Crippen LogP contribution in [0, 0.1) is 0 Å². The van der Waals surface area contributed by atoms with Gasteiger partial charge in [-0.15, -0.1) is 0 Å². The van der Waals surface area contributed by atoms with Gasteiger partial charge in [-0.2, -0.15) is 0 Å². The third kappa shape index (κ3) is 2.03. The summed E-state index contributed by atoms with van der Waals surface area (Å²) in [6, 6.07) is 0. The Morgan fingerprint density at radius 1 is 1.23 bits per heavy atom. The van der Waals surface area contributed by atoms with Crippen molar-refractivity contribution in [2.75, 3.05) is 26.3 Å². The van der Waals surface area contributed by atoms with Gasteiger partial charge in [0.15, 0.2) is 0 Å². The number of hydrogen-bond acceptors (Lipinski definition) is 3. The molecule has 2 aliphatic heterocycles. The quantitative estimate of drug-likeness (QED) is 0.609.